The van der Waals surface area contributed by atoms with Crippen molar-refractivity contribution in [3.63, 3.8) is 0 Å². The summed E-state index contributed by atoms with van der Waals surface area (Å²) in [5.74, 6) is 1.75. The number of carbonyl (C=O) groups is 1. The lowest BCUT2D eigenvalue weighted by atomic mass is 10.1. The summed E-state index contributed by atoms with van der Waals surface area (Å²) in [5.41, 5.74) is 3.75. The van der Waals surface area contributed by atoms with Crippen LogP contribution in [0.2, 0.25) is 0 Å². The topological polar surface area (TPSA) is 89.1 Å². The Morgan fingerprint density at radius 1 is 1.03 bits per heavy atom. The first kappa shape index (κ1) is 20.4. The van der Waals surface area contributed by atoms with Crippen molar-refractivity contribution < 1.29 is 14.3 Å². The Morgan fingerprint density at radius 2 is 1.87 bits per heavy atom. The summed E-state index contributed by atoms with van der Waals surface area (Å²) < 4.78 is 11.1. The van der Waals surface area contributed by atoms with E-state index >= 15 is 0 Å². The molecule has 4 aromatic rings. The first-order valence-corrected chi connectivity index (χ1v) is 10.3. The van der Waals surface area contributed by atoms with Gasteiger partial charge in [0.25, 0.3) is 0 Å². The van der Waals surface area contributed by atoms with Gasteiger partial charge in [0.05, 0.1) is 11.9 Å². The fourth-order valence-corrected chi connectivity index (χ4v) is 3.39. The molecule has 7 nitrogen and oxygen atoms in total. The first-order valence-electron chi connectivity index (χ1n) is 10.3. The van der Waals surface area contributed by atoms with Gasteiger partial charge in [-0.05, 0) is 41.5 Å². The third-order valence-corrected chi connectivity index (χ3v) is 4.79. The number of rotatable bonds is 4. The van der Waals surface area contributed by atoms with Gasteiger partial charge in [-0.15, -0.1) is 0 Å². The van der Waals surface area contributed by atoms with Gasteiger partial charge < -0.3 is 14.8 Å². The van der Waals surface area contributed by atoms with E-state index in [4.69, 9.17) is 9.47 Å². The second kappa shape index (κ2) is 9.30. The monoisotopic (exact) mass is 416 g/mol. The minimum atomic E-state index is -0.147. The zero-order chi connectivity index (χ0) is 21.6. The summed E-state index contributed by atoms with van der Waals surface area (Å²) in [5, 5.41) is 11.0. The minimum absolute atomic E-state index is 0.147. The van der Waals surface area contributed by atoms with Crippen LogP contribution in [0.3, 0.4) is 0 Å². The molecule has 1 aliphatic rings. The number of H-pyrrole nitrogens is 1. The number of hydrogen-bond acceptors (Lipinski definition) is 5. The van der Waals surface area contributed by atoms with Gasteiger partial charge in [0.1, 0.15) is 13.2 Å². The number of benzene rings is 2. The molecule has 2 aromatic heterocycles. The number of pyridine rings is 1. The Bertz CT molecular complexity index is 1190. The third-order valence-electron chi connectivity index (χ3n) is 4.79. The van der Waals surface area contributed by atoms with Crippen LogP contribution in [-0.4, -0.2) is 34.3 Å². The highest BCUT2D eigenvalue weighted by atomic mass is 16.6. The van der Waals surface area contributed by atoms with Gasteiger partial charge in [0.2, 0.25) is 5.91 Å². The molecule has 5 rings (SSSR count). The summed E-state index contributed by atoms with van der Waals surface area (Å²) >= 11 is 0. The number of fused-ring (bicyclic) bond motifs is 2. The lowest BCUT2D eigenvalue weighted by molar-refractivity contribution is -0.115. The number of amides is 1. The molecule has 0 saturated heterocycles. The maximum Gasteiger partial charge on any atom is 0.230 e. The molecule has 158 valence electrons. The number of carbonyl (C=O) groups excluding carboxylic acids is 1. The molecule has 7 heteroatoms. The summed E-state index contributed by atoms with van der Waals surface area (Å²) in [6.07, 6.45) is 3.78. The summed E-state index contributed by atoms with van der Waals surface area (Å²) in [7, 11) is 0. The molecule has 0 fully saturated rings. The number of hydrogen-bond donors (Lipinski definition) is 2. The fraction of sp³-hybridized carbons (Fsp3) is 0.208. The molecule has 1 aliphatic heterocycles. The highest BCUT2D eigenvalue weighted by Gasteiger charge is 2.15. The maximum absolute atomic E-state index is 12.5. The third kappa shape index (κ3) is 4.50. The summed E-state index contributed by atoms with van der Waals surface area (Å²) in [6.45, 7) is 5.06. The van der Waals surface area contributed by atoms with E-state index in [0.29, 0.717) is 30.5 Å². The number of aromatic amines is 1. The number of aromatic nitrogens is 3. The lowest BCUT2D eigenvalue weighted by Gasteiger charge is -2.18. The molecule has 2 aromatic carbocycles. The quantitative estimate of drug-likeness (QED) is 0.507. The molecular weight excluding hydrogens is 392 g/mol. The van der Waals surface area contributed by atoms with E-state index in [1.807, 2.05) is 68.6 Å². The number of nitrogens with one attached hydrogen (secondary N) is 2. The average Bonchev–Trinajstić information content (AvgIpc) is 3.22. The van der Waals surface area contributed by atoms with Crippen molar-refractivity contribution in [2.24, 2.45) is 0 Å². The van der Waals surface area contributed by atoms with Crippen LogP contribution >= 0.6 is 0 Å². The number of nitrogens with zero attached hydrogens (tertiary/aromatic N) is 2. The van der Waals surface area contributed by atoms with Crippen molar-refractivity contribution >= 4 is 22.6 Å². The fourth-order valence-electron chi connectivity index (χ4n) is 3.39. The molecule has 3 heterocycles. The highest BCUT2D eigenvalue weighted by molar-refractivity contribution is 6.01. The Hall–Kier alpha value is -3.87. The SMILES string of the molecule is CC.O=C(Cc1ccc2c(c1)OCCO2)Nc1n[nH]c2cc(-c3cccnc3)ccc12. The standard InChI is InChI=1S/C22H18N4O3.C2H6/c27-21(11-14-3-6-19-20(10-14)29-9-8-28-19)24-22-17-5-4-15(12-18(17)25-26-22)16-2-1-7-23-13-16;1-2/h1-7,10,12-13H,8-9,11H2,(H2,24,25,26,27);1-2H3. The Morgan fingerprint density at radius 3 is 2.68 bits per heavy atom. The van der Waals surface area contributed by atoms with E-state index in [1.165, 1.54) is 0 Å². The molecule has 0 unspecified atom stereocenters. The van der Waals surface area contributed by atoms with Crippen molar-refractivity contribution in [3.8, 4) is 22.6 Å². The van der Waals surface area contributed by atoms with Crippen LogP contribution < -0.4 is 14.8 Å². The van der Waals surface area contributed by atoms with E-state index in [0.717, 1.165) is 27.6 Å². The molecule has 0 bridgehead atoms. The molecule has 0 radical (unpaired) electrons. The van der Waals surface area contributed by atoms with Crippen molar-refractivity contribution in [3.05, 3.63) is 66.5 Å². The van der Waals surface area contributed by atoms with Gasteiger partial charge in [-0.2, -0.15) is 5.10 Å². The second-order valence-corrected chi connectivity index (χ2v) is 6.78. The van der Waals surface area contributed by atoms with Crippen LogP contribution in [0.25, 0.3) is 22.0 Å². The first-order chi connectivity index (χ1) is 15.3. The minimum Gasteiger partial charge on any atom is -0.486 e. The molecule has 31 heavy (non-hydrogen) atoms. The Balaban J connectivity index is 0.00000112. The van der Waals surface area contributed by atoms with E-state index in [1.54, 1.807) is 6.20 Å². The van der Waals surface area contributed by atoms with E-state index < -0.39 is 0 Å². The zero-order valence-corrected chi connectivity index (χ0v) is 17.5. The molecule has 2 N–H and O–H groups in total. The van der Waals surface area contributed by atoms with Crippen LogP contribution in [0, 0.1) is 0 Å². The largest absolute Gasteiger partial charge is 0.486 e. The van der Waals surface area contributed by atoms with E-state index in [9.17, 15) is 4.79 Å². The van der Waals surface area contributed by atoms with Gasteiger partial charge in [-0.3, -0.25) is 14.9 Å². The average molecular weight is 416 g/mol. The van der Waals surface area contributed by atoms with Gasteiger partial charge in [-0.25, -0.2) is 0 Å². The van der Waals surface area contributed by atoms with Gasteiger partial charge in [-0.1, -0.05) is 32.0 Å². The Kier molecular flexibility index (Phi) is 6.12. The normalized spacial score (nSPS) is 12.1. The predicted molar refractivity (Wildman–Crippen MR) is 120 cm³/mol. The van der Waals surface area contributed by atoms with Gasteiger partial charge >= 0.3 is 0 Å². The summed E-state index contributed by atoms with van der Waals surface area (Å²) in [4.78, 5) is 16.7. The number of ether oxygens (including phenoxy) is 2. The van der Waals surface area contributed by atoms with Crippen LogP contribution in [0.1, 0.15) is 19.4 Å². The van der Waals surface area contributed by atoms with Crippen molar-refractivity contribution in [2.45, 2.75) is 20.3 Å². The molecule has 1 amide bonds. The smallest absolute Gasteiger partial charge is 0.230 e. The summed E-state index contributed by atoms with van der Waals surface area (Å²) in [6, 6.07) is 15.4. The van der Waals surface area contributed by atoms with Gasteiger partial charge in [0.15, 0.2) is 17.3 Å². The van der Waals surface area contributed by atoms with E-state index in [2.05, 4.69) is 20.5 Å². The molecule has 0 spiro atoms. The second-order valence-electron chi connectivity index (χ2n) is 6.78. The molecule has 0 aliphatic carbocycles. The van der Waals surface area contributed by atoms with E-state index in [-0.39, 0.29) is 12.3 Å². The Labute approximate surface area is 180 Å². The number of anilines is 1. The van der Waals surface area contributed by atoms with Crippen LogP contribution in [0.4, 0.5) is 5.82 Å². The van der Waals surface area contributed by atoms with Crippen LogP contribution in [0.5, 0.6) is 11.5 Å². The molecular formula is C24H24N4O3. The van der Waals surface area contributed by atoms with Crippen LogP contribution in [-0.2, 0) is 11.2 Å². The van der Waals surface area contributed by atoms with Gasteiger partial charge in [0, 0.05) is 23.3 Å². The van der Waals surface area contributed by atoms with Crippen molar-refractivity contribution in [1.29, 1.82) is 0 Å². The van der Waals surface area contributed by atoms with Crippen molar-refractivity contribution in [2.75, 3.05) is 18.5 Å². The lowest BCUT2D eigenvalue weighted by Crippen LogP contribution is -2.17. The zero-order valence-electron chi connectivity index (χ0n) is 17.5. The molecule has 0 saturated carbocycles. The highest BCUT2D eigenvalue weighted by Crippen LogP contribution is 2.31. The molecule has 0 atom stereocenters. The van der Waals surface area contributed by atoms with Crippen molar-refractivity contribution in [1.82, 2.24) is 15.2 Å². The maximum atomic E-state index is 12.5. The predicted octanol–water partition coefficient (Wildman–Crippen LogP) is 4.60. The van der Waals surface area contributed by atoms with Crippen LogP contribution in [0.15, 0.2) is 60.9 Å².